The molecule has 20 heavy (non-hydrogen) atoms. The van der Waals surface area contributed by atoms with Crippen molar-refractivity contribution < 1.29 is 4.79 Å². The number of amides is 1. The summed E-state index contributed by atoms with van der Waals surface area (Å²) < 4.78 is 0. The Kier molecular flexibility index (Phi) is 4.26. The summed E-state index contributed by atoms with van der Waals surface area (Å²) in [5.41, 5.74) is -0.309. The number of carbonyl (C=O) groups excluding carboxylic acids is 1. The zero-order valence-corrected chi connectivity index (χ0v) is 12.8. The molecule has 1 saturated heterocycles. The first-order valence-corrected chi connectivity index (χ1v) is 7.19. The maximum Gasteiger partial charge on any atom is 0.227 e. The Morgan fingerprint density at radius 2 is 2.00 bits per heavy atom. The fourth-order valence-corrected chi connectivity index (χ4v) is 2.64. The Labute approximate surface area is 121 Å². The van der Waals surface area contributed by atoms with Crippen LogP contribution in [0.4, 0.5) is 5.82 Å². The van der Waals surface area contributed by atoms with E-state index in [0.717, 1.165) is 31.7 Å². The lowest BCUT2D eigenvalue weighted by molar-refractivity contribution is -0.140. The van der Waals surface area contributed by atoms with Crippen molar-refractivity contribution in [2.45, 2.75) is 39.7 Å². The number of carbonyl (C=O) groups is 1. The van der Waals surface area contributed by atoms with Crippen LogP contribution in [-0.2, 0) is 4.79 Å². The molecule has 0 radical (unpaired) electrons. The Balaban J connectivity index is 1.93. The first kappa shape index (κ1) is 14.8. The van der Waals surface area contributed by atoms with Crippen molar-refractivity contribution in [1.82, 2.24) is 15.1 Å². The van der Waals surface area contributed by atoms with Crippen molar-refractivity contribution in [3.05, 3.63) is 18.3 Å². The second-order valence-electron chi connectivity index (χ2n) is 6.47. The van der Waals surface area contributed by atoms with Crippen molar-refractivity contribution in [3.8, 4) is 0 Å². The van der Waals surface area contributed by atoms with Gasteiger partial charge in [-0.3, -0.25) is 4.79 Å². The number of anilines is 1. The Hall–Kier alpha value is -1.65. The van der Waals surface area contributed by atoms with Crippen LogP contribution < -0.4 is 4.90 Å². The minimum Gasteiger partial charge on any atom is -0.355 e. The van der Waals surface area contributed by atoms with Gasteiger partial charge in [0.05, 0.1) is 0 Å². The Morgan fingerprint density at radius 3 is 2.50 bits per heavy atom. The predicted octanol–water partition coefficient (Wildman–Crippen LogP) is 1.95. The molecule has 110 valence electrons. The molecular formula is C15H24N4O. The number of rotatable bonds is 2. The third-order valence-corrected chi connectivity index (χ3v) is 3.86. The highest BCUT2D eigenvalue weighted by atomic mass is 16.2. The third kappa shape index (κ3) is 3.26. The number of hydrogen-bond donors (Lipinski definition) is 0. The van der Waals surface area contributed by atoms with Gasteiger partial charge in [-0.15, -0.1) is 5.10 Å². The second kappa shape index (κ2) is 5.77. The maximum atomic E-state index is 12.3. The first-order chi connectivity index (χ1) is 9.39. The smallest absolute Gasteiger partial charge is 0.227 e. The van der Waals surface area contributed by atoms with E-state index in [1.165, 1.54) is 0 Å². The zero-order valence-electron chi connectivity index (χ0n) is 12.8. The van der Waals surface area contributed by atoms with Gasteiger partial charge in [0.25, 0.3) is 0 Å². The molecule has 0 unspecified atom stereocenters. The fourth-order valence-electron chi connectivity index (χ4n) is 2.64. The summed E-state index contributed by atoms with van der Waals surface area (Å²) in [5.74, 6) is 1.14. The molecule has 1 aromatic rings. The van der Waals surface area contributed by atoms with Crippen LogP contribution in [0.15, 0.2) is 18.3 Å². The summed E-state index contributed by atoms with van der Waals surface area (Å²) in [7, 11) is 1.93. The van der Waals surface area contributed by atoms with Crippen molar-refractivity contribution in [2.24, 2.45) is 5.41 Å². The molecule has 5 heteroatoms. The molecule has 0 bridgehead atoms. The highest BCUT2D eigenvalue weighted by Gasteiger charge is 2.31. The maximum absolute atomic E-state index is 12.3. The lowest BCUT2D eigenvalue weighted by atomic mass is 9.93. The zero-order chi connectivity index (χ0) is 14.8. The fraction of sp³-hybridized carbons (Fsp3) is 0.667. The topological polar surface area (TPSA) is 49.3 Å². The highest BCUT2D eigenvalue weighted by Crippen LogP contribution is 2.24. The summed E-state index contributed by atoms with van der Waals surface area (Å²) in [5, 5.41) is 8.06. The van der Waals surface area contributed by atoms with Gasteiger partial charge in [0, 0.05) is 37.8 Å². The molecule has 1 fully saturated rings. The summed E-state index contributed by atoms with van der Waals surface area (Å²) in [4.78, 5) is 16.5. The molecule has 0 spiro atoms. The Bertz CT molecular complexity index is 447. The summed E-state index contributed by atoms with van der Waals surface area (Å²) >= 11 is 0. The predicted molar refractivity (Wildman–Crippen MR) is 79.5 cm³/mol. The van der Waals surface area contributed by atoms with Crippen molar-refractivity contribution >= 4 is 11.7 Å². The van der Waals surface area contributed by atoms with Crippen molar-refractivity contribution in [1.29, 1.82) is 0 Å². The monoisotopic (exact) mass is 276 g/mol. The van der Waals surface area contributed by atoms with E-state index >= 15 is 0 Å². The largest absolute Gasteiger partial charge is 0.355 e. The average molecular weight is 276 g/mol. The quantitative estimate of drug-likeness (QED) is 0.828. The lowest BCUT2D eigenvalue weighted by Crippen LogP contribution is -2.48. The molecule has 0 saturated carbocycles. The van der Waals surface area contributed by atoms with E-state index in [2.05, 4.69) is 15.1 Å². The normalized spacial score (nSPS) is 17.1. The van der Waals surface area contributed by atoms with Crippen LogP contribution >= 0.6 is 0 Å². The average Bonchev–Trinajstić information content (AvgIpc) is 2.46. The van der Waals surface area contributed by atoms with E-state index in [1.54, 1.807) is 6.20 Å². The van der Waals surface area contributed by atoms with Crippen molar-refractivity contribution in [2.75, 3.05) is 25.0 Å². The summed E-state index contributed by atoms with van der Waals surface area (Å²) in [6.45, 7) is 7.76. The van der Waals surface area contributed by atoms with Gasteiger partial charge in [-0.2, -0.15) is 5.10 Å². The van der Waals surface area contributed by atoms with E-state index < -0.39 is 0 Å². The van der Waals surface area contributed by atoms with Gasteiger partial charge in [-0.05, 0) is 25.0 Å². The minimum atomic E-state index is -0.309. The van der Waals surface area contributed by atoms with E-state index in [4.69, 9.17) is 0 Å². The molecule has 1 amide bonds. The molecule has 0 aromatic carbocycles. The number of aromatic nitrogens is 2. The highest BCUT2D eigenvalue weighted by molar-refractivity contribution is 5.81. The van der Waals surface area contributed by atoms with Gasteiger partial charge in [0.15, 0.2) is 5.82 Å². The van der Waals surface area contributed by atoms with Gasteiger partial charge < -0.3 is 9.80 Å². The number of nitrogens with zero attached hydrogens (tertiary/aromatic N) is 4. The van der Waals surface area contributed by atoms with Gasteiger partial charge in [-0.25, -0.2) is 0 Å². The number of hydrogen-bond acceptors (Lipinski definition) is 4. The molecule has 2 rings (SSSR count). The standard InChI is InChI=1S/C15H24N4O/c1-15(2,3)14(20)18(4)12-7-10-19(11-8-12)13-6-5-9-16-17-13/h5-6,9,12H,7-8,10-11H2,1-4H3. The van der Waals surface area contributed by atoms with E-state index in [0.29, 0.717) is 6.04 Å². The van der Waals surface area contributed by atoms with E-state index in [-0.39, 0.29) is 11.3 Å². The van der Waals surface area contributed by atoms with Crippen LogP contribution in [0.1, 0.15) is 33.6 Å². The van der Waals surface area contributed by atoms with Crippen LogP contribution in [0.25, 0.3) is 0 Å². The lowest BCUT2D eigenvalue weighted by Gasteiger charge is -2.39. The molecule has 1 aliphatic rings. The van der Waals surface area contributed by atoms with Crippen molar-refractivity contribution in [3.63, 3.8) is 0 Å². The molecule has 1 aliphatic heterocycles. The SMILES string of the molecule is CN(C(=O)C(C)(C)C)C1CCN(c2cccnn2)CC1. The molecule has 2 heterocycles. The number of piperidine rings is 1. The molecule has 5 nitrogen and oxygen atoms in total. The van der Waals surface area contributed by atoms with Gasteiger partial charge in [0.2, 0.25) is 5.91 Å². The second-order valence-corrected chi connectivity index (χ2v) is 6.47. The summed E-state index contributed by atoms with van der Waals surface area (Å²) in [6.07, 6.45) is 3.65. The summed E-state index contributed by atoms with van der Waals surface area (Å²) in [6, 6.07) is 4.22. The van der Waals surface area contributed by atoms with Crippen LogP contribution in [0.2, 0.25) is 0 Å². The molecular weight excluding hydrogens is 252 g/mol. The molecule has 0 N–H and O–H groups in total. The van der Waals surface area contributed by atoms with Crippen LogP contribution in [-0.4, -0.2) is 47.2 Å². The Morgan fingerprint density at radius 1 is 1.35 bits per heavy atom. The third-order valence-electron chi connectivity index (χ3n) is 3.86. The molecule has 0 atom stereocenters. The van der Waals surface area contributed by atoms with Gasteiger partial charge >= 0.3 is 0 Å². The first-order valence-electron chi connectivity index (χ1n) is 7.19. The molecule has 0 aliphatic carbocycles. The van der Waals surface area contributed by atoms with Gasteiger partial charge in [0.1, 0.15) is 0 Å². The van der Waals surface area contributed by atoms with E-state index in [9.17, 15) is 4.79 Å². The van der Waals surface area contributed by atoms with Crippen LogP contribution in [0.3, 0.4) is 0 Å². The minimum absolute atomic E-state index is 0.218. The molecule has 1 aromatic heterocycles. The van der Waals surface area contributed by atoms with E-state index in [1.807, 2.05) is 44.9 Å². The van der Waals surface area contributed by atoms with Gasteiger partial charge in [-0.1, -0.05) is 20.8 Å². The van der Waals surface area contributed by atoms with Crippen LogP contribution in [0.5, 0.6) is 0 Å². The van der Waals surface area contributed by atoms with Crippen LogP contribution in [0, 0.1) is 5.41 Å².